The standard InChI is InChI=1S/C11H7F3O2/c12-8-4-10(14)9(13)3-7(8)11(15)6-1-2-16-5-6/h1-5,11,15H. The van der Waals surface area contributed by atoms with Gasteiger partial charge in [-0.3, -0.25) is 0 Å². The molecular weight excluding hydrogens is 221 g/mol. The summed E-state index contributed by atoms with van der Waals surface area (Å²) in [5.74, 6) is -3.51. The van der Waals surface area contributed by atoms with Gasteiger partial charge in [-0.25, -0.2) is 13.2 Å². The zero-order valence-electron chi connectivity index (χ0n) is 7.95. The van der Waals surface area contributed by atoms with Crippen molar-refractivity contribution in [3.05, 3.63) is 59.3 Å². The predicted octanol–water partition coefficient (Wildman–Crippen LogP) is 2.78. The van der Waals surface area contributed by atoms with Crippen LogP contribution in [0.1, 0.15) is 17.2 Å². The van der Waals surface area contributed by atoms with Crippen LogP contribution in [0.15, 0.2) is 35.1 Å². The van der Waals surface area contributed by atoms with E-state index in [4.69, 9.17) is 4.42 Å². The van der Waals surface area contributed by atoms with Crippen LogP contribution in [0.4, 0.5) is 13.2 Å². The second-order valence-electron chi connectivity index (χ2n) is 3.25. The first kappa shape index (κ1) is 10.8. The molecule has 1 aromatic heterocycles. The van der Waals surface area contributed by atoms with E-state index in [9.17, 15) is 18.3 Å². The van der Waals surface area contributed by atoms with Crippen molar-refractivity contribution in [2.45, 2.75) is 6.10 Å². The van der Waals surface area contributed by atoms with E-state index < -0.39 is 23.6 Å². The van der Waals surface area contributed by atoms with E-state index in [0.717, 1.165) is 0 Å². The van der Waals surface area contributed by atoms with Gasteiger partial charge in [0.05, 0.1) is 12.5 Å². The average molecular weight is 228 g/mol. The number of hydrogen-bond acceptors (Lipinski definition) is 2. The molecule has 16 heavy (non-hydrogen) atoms. The Morgan fingerprint density at radius 1 is 1.06 bits per heavy atom. The van der Waals surface area contributed by atoms with Crippen LogP contribution in [0.25, 0.3) is 0 Å². The summed E-state index contributed by atoms with van der Waals surface area (Å²) in [5, 5.41) is 9.69. The van der Waals surface area contributed by atoms with E-state index in [1.165, 1.54) is 18.6 Å². The Bertz CT molecular complexity index is 494. The van der Waals surface area contributed by atoms with Gasteiger partial charge in [-0.05, 0) is 12.1 Å². The minimum absolute atomic E-state index is 0.268. The summed E-state index contributed by atoms with van der Waals surface area (Å²) < 4.78 is 43.5. The summed E-state index contributed by atoms with van der Waals surface area (Å²) in [7, 11) is 0. The first-order chi connectivity index (χ1) is 7.59. The highest BCUT2D eigenvalue weighted by Crippen LogP contribution is 2.26. The third-order valence-corrected chi connectivity index (χ3v) is 2.19. The first-order valence-electron chi connectivity index (χ1n) is 4.44. The normalized spacial score (nSPS) is 12.8. The fourth-order valence-corrected chi connectivity index (χ4v) is 1.36. The lowest BCUT2D eigenvalue weighted by molar-refractivity contribution is 0.213. The Morgan fingerprint density at radius 3 is 2.38 bits per heavy atom. The fraction of sp³-hybridized carbons (Fsp3) is 0.0909. The lowest BCUT2D eigenvalue weighted by Gasteiger charge is -2.10. The molecule has 2 nitrogen and oxygen atoms in total. The maximum Gasteiger partial charge on any atom is 0.161 e. The maximum atomic E-state index is 13.3. The van der Waals surface area contributed by atoms with Crippen LogP contribution in [-0.2, 0) is 0 Å². The van der Waals surface area contributed by atoms with E-state index in [1.54, 1.807) is 0 Å². The van der Waals surface area contributed by atoms with E-state index in [0.29, 0.717) is 12.1 Å². The Hall–Kier alpha value is -1.75. The van der Waals surface area contributed by atoms with Crippen LogP contribution >= 0.6 is 0 Å². The molecule has 1 N–H and O–H groups in total. The third-order valence-electron chi connectivity index (χ3n) is 2.19. The molecule has 0 fully saturated rings. The van der Waals surface area contributed by atoms with Crippen molar-refractivity contribution in [1.82, 2.24) is 0 Å². The first-order valence-corrected chi connectivity index (χ1v) is 4.44. The number of hydrogen-bond donors (Lipinski definition) is 1. The van der Waals surface area contributed by atoms with Crippen molar-refractivity contribution >= 4 is 0 Å². The smallest absolute Gasteiger partial charge is 0.161 e. The molecule has 0 aliphatic rings. The molecule has 1 heterocycles. The van der Waals surface area contributed by atoms with E-state index >= 15 is 0 Å². The minimum atomic E-state index is -1.38. The average Bonchev–Trinajstić information content (AvgIpc) is 2.75. The van der Waals surface area contributed by atoms with Crippen molar-refractivity contribution in [2.75, 3.05) is 0 Å². The number of benzene rings is 1. The quantitative estimate of drug-likeness (QED) is 0.802. The fourth-order valence-electron chi connectivity index (χ4n) is 1.36. The van der Waals surface area contributed by atoms with E-state index in [-0.39, 0.29) is 11.1 Å². The molecule has 2 aromatic rings. The molecule has 0 aliphatic heterocycles. The van der Waals surface area contributed by atoms with Crippen LogP contribution in [0.3, 0.4) is 0 Å². The molecular formula is C11H7F3O2. The predicted molar refractivity (Wildman–Crippen MR) is 49.1 cm³/mol. The van der Waals surface area contributed by atoms with Crippen LogP contribution in [0.2, 0.25) is 0 Å². The van der Waals surface area contributed by atoms with E-state index in [2.05, 4.69) is 0 Å². The van der Waals surface area contributed by atoms with Crippen molar-refractivity contribution < 1.29 is 22.7 Å². The second-order valence-corrected chi connectivity index (χ2v) is 3.25. The minimum Gasteiger partial charge on any atom is -0.472 e. The number of furan rings is 1. The van der Waals surface area contributed by atoms with Gasteiger partial charge in [0, 0.05) is 17.2 Å². The highest BCUT2D eigenvalue weighted by atomic mass is 19.2. The molecule has 1 unspecified atom stereocenters. The van der Waals surface area contributed by atoms with Crippen LogP contribution in [0, 0.1) is 17.5 Å². The van der Waals surface area contributed by atoms with Gasteiger partial charge in [-0.15, -0.1) is 0 Å². The molecule has 0 bridgehead atoms. The van der Waals surface area contributed by atoms with Gasteiger partial charge >= 0.3 is 0 Å². The summed E-state index contributed by atoms with van der Waals surface area (Å²) in [6, 6.07) is 2.43. The third kappa shape index (κ3) is 1.81. The molecule has 0 aliphatic carbocycles. The zero-order chi connectivity index (χ0) is 11.7. The molecule has 84 valence electrons. The molecule has 2 rings (SSSR count). The summed E-state index contributed by atoms with van der Waals surface area (Å²) in [5.41, 5.74) is -0.0646. The molecule has 0 saturated carbocycles. The summed E-state index contributed by atoms with van der Waals surface area (Å²) in [6.07, 6.45) is 1.11. The highest BCUT2D eigenvalue weighted by Gasteiger charge is 2.19. The highest BCUT2D eigenvalue weighted by molar-refractivity contribution is 5.29. The lowest BCUT2D eigenvalue weighted by Crippen LogP contribution is -2.03. The molecule has 0 saturated heterocycles. The molecule has 1 atom stereocenters. The zero-order valence-corrected chi connectivity index (χ0v) is 7.95. The largest absolute Gasteiger partial charge is 0.472 e. The van der Waals surface area contributed by atoms with Gasteiger partial charge in [0.1, 0.15) is 11.9 Å². The topological polar surface area (TPSA) is 33.4 Å². The molecule has 1 aromatic carbocycles. The SMILES string of the molecule is OC(c1ccoc1)c1cc(F)c(F)cc1F. The number of aliphatic hydroxyl groups excluding tert-OH is 1. The summed E-state index contributed by atoms with van der Waals surface area (Å²) in [6.45, 7) is 0. The van der Waals surface area contributed by atoms with Gasteiger partial charge in [-0.2, -0.15) is 0 Å². The summed E-state index contributed by atoms with van der Waals surface area (Å²) in [4.78, 5) is 0. The molecule has 0 radical (unpaired) electrons. The van der Waals surface area contributed by atoms with Gasteiger partial charge < -0.3 is 9.52 Å². The Balaban J connectivity index is 2.44. The Morgan fingerprint density at radius 2 is 1.75 bits per heavy atom. The molecule has 0 amide bonds. The van der Waals surface area contributed by atoms with Crippen molar-refractivity contribution in [3.8, 4) is 0 Å². The van der Waals surface area contributed by atoms with Crippen LogP contribution < -0.4 is 0 Å². The molecule has 0 spiro atoms. The van der Waals surface area contributed by atoms with Crippen molar-refractivity contribution in [2.24, 2.45) is 0 Å². The lowest BCUT2D eigenvalue weighted by atomic mass is 10.0. The van der Waals surface area contributed by atoms with Crippen LogP contribution in [-0.4, -0.2) is 5.11 Å². The van der Waals surface area contributed by atoms with Gasteiger partial charge in [0.2, 0.25) is 0 Å². The van der Waals surface area contributed by atoms with Crippen molar-refractivity contribution in [3.63, 3.8) is 0 Å². The monoisotopic (exact) mass is 228 g/mol. The van der Waals surface area contributed by atoms with Gasteiger partial charge in [0.15, 0.2) is 11.6 Å². The number of halogens is 3. The van der Waals surface area contributed by atoms with Crippen LogP contribution in [0.5, 0.6) is 0 Å². The van der Waals surface area contributed by atoms with Gasteiger partial charge in [-0.1, -0.05) is 0 Å². The Kier molecular flexibility index (Phi) is 2.70. The number of rotatable bonds is 2. The maximum absolute atomic E-state index is 13.3. The molecule has 5 heteroatoms. The van der Waals surface area contributed by atoms with Gasteiger partial charge in [0.25, 0.3) is 0 Å². The Labute approximate surface area is 88.9 Å². The van der Waals surface area contributed by atoms with Crippen molar-refractivity contribution in [1.29, 1.82) is 0 Å². The number of aliphatic hydroxyl groups is 1. The summed E-state index contributed by atoms with van der Waals surface area (Å²) >= 11 is 0. The van der Waals surface area contributed by atoms with E-state index in [1.807, 2.05) is 0 Å². The second kappa shape index (κ2) is 4.02.